The quantitative estimate of drug-likeness (QED) is 0.113. The van der Waals surface area contributed by atoms with Crippen molar-refractivity contribution in [2.45, 2.75) is 38.5 Å². The summed E-state index contributed by atoms with van der Waals surface area (Å²) in [6, 6.07) is 93.1. The topological polar surface area (TPSA) is 11.4 Å². The van der Waals surface area contributed by atoms with Gasteiger partial charge in [0.1, 0.15) is 0 Å². The van der Waals surface area contributed by atoms with Crippen molar-refractivity contribution in [3.63, 3.8) is 0 Å². The number of allylic oxidation sites excluding steroid dienone is 2. The average Bonchev–Trinajstić information content (AvgIpc) is 3.96. The fourth-order valence-electron chi connectivity index (χ4n) is 11.7. The number of fused-ring (bicyclic) bond motifs is 6. The summed E-state index contributed by atoms with van der Waals surface area (Å²) in [6.07, 6.45) is 9.88. The third kappa shape index (κ3) is 8.56. The zero-order valence-corrected chi connectivity index (χ0v) is 42.4. The highest BCUT2D eigenvalue weighted by molar-refractivity contribution is 5.96. The first-order valence-electron chi connectivity index (χ1n) is 26.3. The van der Waals surface area contributed by atoms with Crippen LogP contribution in [0.4, 0.5) is 34.1 Å². The van der Waals surface area contributed by atoms with E-state index in [1.165, 1.54) is 83.5 Å². The van der Waals surface area contributed by atoms with Gasteiger partial charge in [-0.3, -0.25) is 0 Å². The first-order valence-corrected chi connectivity index (χ1v) is 26.3. The highest BCUT2D eigenvalue weighted by Gasteiger charge is 2.35. The standard InChI is InChI=1S/C72H57N3/c1-72(2)68-29-17-15-27-64(68)65-45-44-63(50-69(65)72)74(59-23-11-5-12-24-59)61-40-33-52(34-41-61)48-56(54-37-42-62(43-38-54)73(57-19-7-3-8-20-57)58-21-9-4-10-22-58)47-51-31-35-53(36-32-51)55-39-46-71-67(49-55)66-28-16-18-30-70(66)75(71)60-25-13-6-14-26-60/h3-17,19-29,31-47,49-50H,18,30,48H2,1-2H3/b56-47-. The molecule has 1 heterocycles. The van der Waals surface area contributed by atoms with E-state index in [-0.39, 0.29) is 5.41 Å². The molecule has 0 spiro atoms. The molecule has 3 nitrogen and oxygen atoms in total. The van der Waals surface area contributed by atoms with Crippen molar-refractivity contribution in [2.75, 3.05) is 9.80 Å². The van der Waals surface area contributed by atoms with Crippen LogP contribution in [0.1, 0.15) is 59.3 Å². The Hall–Kier alpha value is -9.18. The van der Waals surface area contributed by atoms with Crippen molar-refractivity contribution in [1.82, 2.24) is 4.57 Å². The third-order valence-corrected chi connectivity index (χ3v) is 15.5. The molecule has 11 aromatic rings. The van der Waals surface area contributed by atoms with Gasteiger partial charge in [0.25, 0.3) is 0 Å². The fraction of sp³-hybridized carbons (Fsp3) is 0.0833. The summed E-state index contributed by atoms with van der Waals surface area (Å²) < 4.78 is 2.46. The second-order valence-corrected chi connectivity index (χ2v) is 20.5. The number of benzene rings is 10. The minimum absolute atomic E-state index is 0.0987. The van der Waals surface area contributed by atoms with Crippen LogP contribution in [0, 0.1) is 0 Å². The maximum absolute atomic E-state index is 2.46. The van der Waals surface area contributed by atoms with Gasteiger partial charge in [0.05, 0.1) is 5.52 Å². The van der Waals surface area contributed by atoms with E-state index in [0.29, 0.717) is 0 Å². The van der Waals surface area contributed by atoms with Crippen molar-refractivity contribution in [2.24, 2.45) is 0 Å². The molecule has 2 aliphatic rings. The molecule has 0 fully saturated rings. The summed E-state index contributed by atoms with van der Waals surface area (Å²) in [7, 11) is 0. The van der Waals surface area contributed by atoms with Crippen LogP contribution in [0.15, 0.2) is 261 Å². The van der Waals surface area contributed by atoms with E-state index in [1.807, 2.05) is 0 Å². The average molecular weight is 964 g/mol. The Morgan fingerprint density at radius 3 is 1.67 bits per heavy atom. The van der Waals surface area contributed by atoms with E-state index in [4.69, 9.17) is 0 Å². The molecule has 75 heavy (non-hydrogen) atoms. The molecule has 0 saturated heterocycles. The molecule has 0 N–H and O–H groups in total. The molecule has 0 amide bonds. The highest BCUT2D eigenvalue weighted by atomic mass is 15.1. The summed E-state index contributed by atoms with van der Waals surface area (Å²) in [4.78, 5) is 4.72. The number of nitrogens with zero attached hydrogens (tertiary/aromatic N) is 3. The maximum atomic E-state index is 2.46. The second kappa shape index (κ2) is 19.3. The Morgan fingerprint density at radius 1 is 0.480 bits per heavy atom. The van der Waals surface area contributed by atoms with Crippen LogP contribution in [0.2, 0.25) is 0 Å². The largest absolute Gasteiger partial charge is 0.313 e. The van der Waals surface area contributed by atoms with E-state index in [0.717, 1.165) is 53.4 Å². The van der Waals surface area contributed by atoms with Crippen molar-refractivity contribution in [1.29, 1.82) is 0 Å². The molecule has 0 saturated carbocycles. The van der Waals surface area contributed by atoms with Crippen molar-refractivity contribution in [3.05, 3.63) is 300 Å². The molecule has 0 aliphatic heterocycles. The molecule has 10 aromatic carbocycles. The van der Waals surface area contributed by atoms with Crippen LogP contribution in [-0.2, 0) is 18.3 Å². The van der Waals surface area contributed by atoms with Crippen molar-refractivity contribution >= 4 is 62.8 Å². The monoisotopic (exact) mass is 963 g/mol. The van der Waals surface area contributed by atoms with E-state index >= 15 is 0 Å². The van der Waals surface area contributed by atoms with Gasteiger partial charge in [-0.15, -0.1) is 0 Å². The lowest BCUT2D eigenvalue weighted by atomic mass is 9.82. The summed E-state index contributed by atoms with van der Waals surface area (Å²) in [5.41, 5.74) is 24.5. The lowest BCUT2D eigenvalue weighted by Gasteiger charge is -2.28. The molecule has 3 heteroatoms. The Bertz CT molecular complexity index is 3850. The van der Waals surface area contributed by atoms with Gasteiger partial charge in [0.2, 0.25) is 0 Å². The highest BCUT2D eigenvalue weighted by Crippen LogP contribution is 2.51. The van der Waals surface area contributed by atoms with Crippen LogP contribution in [0.5, 0.6) is 0 Å². The molecular formula is C72H57N3. The molecule has 2 aliphatic carbocycles. The molecule has 13 rings (SSSR count). The molecule has 0 bridgehead atoms. The van der Waals surface area contributed by atoms with Gasteiger partial charge < -0.3 is 14.4 Å². The summed E-state index contributed by atoms with van der Waals surface area (Å²) in [5.74, 6) is 0. The maximum Gasteiger partial charge on any atom is 0.0538 e. The predicted octanol–water partition coefficient (Wildman–Crippen LogP) is 19.3. The van der Waals surface area contributed by atoms with Gasteiger partial charge in [-0.05, 0) is 172 Å². The van der Waals surface area contributed by atoms with Gasteiger partial charge in [-0.1, -0.05) is 190 Å². The minimum Gasteiger partial charge on any atom is -0.313 e. The van der Waals surface area contributed by atoms with Crippen LogP contribution in [0.3, 0.4) is 0 Å². The Kier molecular flexibility index (Phi) is 11.8. The number of aromatic nitrogens is 1. The fourth-order valence-corrected chi connectivity index (χ4v) is 11.7. The van der Waals surface area contributed by atoms with Gasteiger partial charge in [-0.25, -0.2) is 0 Å². The normalized spacial score (nSPS) is 13.3. The van der Waals surface area contributed by atoms with Gasteiger partial charge >= 0.3 is 0 Å². The van der Waals surface area contributed by atoms with Crippen LogP contribution >= 0.6 is 0 Å². The van der Waals surface area contributed by atoms with Crippen LogP contribution in [-0.4, -0.2) is 4.57 Å². The molecule has 0 unspecified atom stereocenters. The van der Waals surface area contributed by atoms with Crippen molar-refractivity contribution in [3.8, 4) is 27.9 Å². The van der Waals surface area contributed by atoms with Gasteiger partial charge in [-0.2, -0.15) is 0 Å². The summed E-state index contributed by atoms with van der Waals surface area (Å²) in [5, 5.41) is 1.30. The Balaban J connectivity index is 0.853. The predicted molar refractivity (Wildman–Crippen MR) is 317 cm³/mol. The smallest absolute Gasteiger partial charge is 0.0538 e. The number of para-hydroxylation sites is 4. The molecule has 360 valence electrons. The van der Waals surface area contributed by atoms with Gasteiger partial charge in [0, 0.05) is 61.9 Å². The zero-order chi connectivity index (χ0) is 50.3. The Labute approximate surface area is 441 Å². The minimum atomic E-state index is -0.0987. The van der Waals surface area contributed by atoms with Crippen LogP contribution in [0.25, 0.3) is 56.6 Å². The summed E-state index contributed by atoms with van der Waals surface area (Å²) in [6.45, 7) is 4.71. The summed E-state index contributed by atoms with van der Waals surface area (Å²) >= 11 is 0. The zero-order valence-electron chi connectivity index (χ0n) is 42.4. The Morgan fingerprint density at radius 2 is 1.01 bits per heavy atom. The first kappa shape index (κ1) is 45.7. The van der Waals surface area contributed by atoms with E-state index in [1.54, 1.807) is 0 Å². The number of hydrogen-bond donors (Lipinski definition) is 0. The van der Waals surface area contributed by atoms with E-state index in [9.17, 15) is 0 Å². The van der Waals surface area contributed by atoms with Crippen LogP contribution < -0.4 is 9.80 Å². The first-order chi connectivity index (χ1) is 36.9. The van der Waals surface area contributed by atoms with Gasteiger partial charge in [0.15, 0.2) is 0 Å². The molecular weight excluding hydrogens is 907 g/mol. The van der Waals surface area contributed by atoms with Crippen molar-refractivity contribution < 1.29 is 0 Å². The van der Waals surface area contributed by atoms with E-state index < -0.39 is 0 Å². The lowest BCUT2D eigenvalue weighted by Crippen LogP contribution is -2.16. The molecule has 0 radical (unpaired) electrons. The van der Waals surface area contributed by atoms with E-state index in [2.05, 4.69) is 301 Å². The third-order valence-electron chi connectivity index (χ3n) is 15.5. The lowest BCUT2D eigenvalue weighted by molar-refractivity contribution is 0.660. The second-order valence-electron chi connectivity index (χ2n) is 20.5. The number of anilines is 6. The molecule has 0 atom stereocenters. The number of hydrogen-bond acceptors (Lipinski definition) is 2. The molecule has 1 aromatic heterocycles. The number of rotatable bonds is 12. The SMILES string of the molecule is CC1(C)c2ccccc2-c2ccc(N(c3ccccc3)c3ccc(C/C(=C/c4ccc(-c5ccc6c(c5)c5c(n6-c6ccccc6)CCC=C5)cc4)c4ccc(N(c5ccccc5)c5ccccc5)cc4)cc3)cc21.